The average Bonchev–Trinajstić information content (AvgIpc) is 2.79. The maximum Gasteiger partial charge on any atom is 0.463 e. The smallest absolute Gasteiger partial charge is 0.463 e. The Kier molecular flexibility index (Phi) is 7.34. The van der Waals surface area contributed by atoms with Crippen LogP contribution in [0.2, 0.25) is 0 Å². The molecule has 2 amide bonds. The molecule has 2 aromatic rings. The van der Waals surface area contributed by atoms with Gasteiger partial charge in [-0.3, -0.25) is 9.59 Å². The highest BCUT2D eigenvalue weighted by Crippen LogP contribution is 2.36. The fourth-order valence-corrected chi connectivity index (χ4v) is 3.67. The highest BCUT2D eigenvalue weighted by atomic mass is 32.2. The van der Waals surface area contributed by atoms with Crippen molar-refractivity contribution < 1.29 is 41.0 Å². The number of nitrogens with one attached hydrogen (secondary N) is 1. The average molecular weight is 503 g/mol. The lowest BCUT2D eigenvalue weighted by Gasteiger charge is -2.24. The van der Waals surface area contributed by atoms with Gasteiger partial charge >= 0.3 is 23.2 Å². The number of hydrogen-bond donors (Lipinski definition) is 1. The standard InChI is InChI=1S/C21H18F5N3O4S/c1-32-16-7-6-13(9-17(16)33-2)15-11-34-19(31)29(28-15)10-12-4-3-5-14(8-12)27-18(30)20(22,23)21(24,25)26/h3-9H,10-11H2,1-2H3,(H,27,30). The fourth-order valence-electron chi connectivity index (χ4n) is 2.94. The van der Waals surface area contributed by atoms with Crippen LogP contribution in [0.1, 0.15) is 11.1 Å². The predicted molar refractivity (Wildman–Crippen MR) is 116 cm³/mol. The van der Waals surface area contributed by atoms with Crippen LogP contribution in [0.25, 0.3) is 0 Å². The Labute approximate surface area is 194 Å². The van der Waals surface area contributed by atoms with Crippen molar-refractivity contribution in [1.29, 1.82) is 0 Å². The summed E-state index contributed by atoms with van der Waals surface area (Å²) in [6, 6.07) is 10.3. The van der Waals surface area contributed by atoms with E-state index in [1.165, 1.54) is 32.4 Å². The Morgan fingerprint density at radius 1 is 1.09 bits per heavy atom. The lowest BCUT2D eigenvalue weighted by atomic mass is 10.1. The SMILES string of the molecule is COc1ccc(C2=NN(Cc3cccc(NC(=O)C(F)(F)C(F)(F)F)c3)C(=O)SC2)cc1OC. The first-order valence-corrected chi connectivity index (χ1v) is 10.5. The van der Waals surface area contributed by atoms with Gasteiger partial charge in [0.05, 0.1) is 26.5 Å². The van der Waals surface area contributed by atoms with Crippen molar-refractivity contribution in [2.75, 3.05) is 25.3 Å². The Balaban J connectivity index is 1.80. The molecule has 0 bridgehead atoms. The van der Waals surface area contributed by atoms with E-state index in [1.807, 2.05) is 0 Å². The first-order chi connectivity index (χ1) is 16.0. The number of ether oxygens (including phenoxy) is 2. The number of halogens is 5. The van der Waals surface area contributed by atoms with Crippen molar-refractivity contribution in [3.63, 3.8) is 0 Å². The molecule has 0 saturated carbocycles. The van der Waals surface area contributed by atoms with E-state index >= 15 is 0 Å². The van der Waals surface area contributed by atoms with Crippen molar-refractivity contribution in [2.45, 2.75) is 18.6 Å². The second-order valence-electron chi connectivity index (χ2n) is 6.96. The molecule has 0 atom stereocenters. The Morgan fingerprint density at radius 3 is 2.44 bits per heavy atom. The van der Waals surface area contributed by atoms with Crippen LogP contribution in [-0.4, -0.2) is 53.9 Å². The van der Waals surface area contributed by atoms with E-state index in [0.29, 0.717) is 28.3 Å². The minimum absolute atomic E-state index is 0.109. The van der Waals surface area contributed by atoms with Crippen LogP contribution in [0.5, 0.6) is 11.5 Å². The Hall–Kier alpha value is -3.35. The molecule has 0 aliphatic carbocycles. The molecule has 1 N–H and O–H groups in total. The summed E-state index contributed by atoms with van der Waals surface area (Å²) in [5.74, 6) is -6.79. The molecule has 2 aromatic carbocycles. The fraction of sp³-hybridized carbons (Fsp3) is 0.286. The van der Waals surface area contributed by atoms with Gasteiger partial charge in [-0.25, -0.2) is 5.01 Å². The van der Waals surface area contributed by atoms with Gasteiger partial charge in [-0.05, 0) is 35.9 Å². The highest BCUT2D eigenvalue weighted by molar-refractivity contribution is 8.14. The molecule has 0 fully saturated rings. The number of anilines is 1. The highest BCUT2D eigenvalue weighted by Gasteiger charge is 2.63. The van der Waals surface area contributed by atoms with Gasteiger partial charge in [0.25, 0.3) is 0 Å². The van der Waals surface area contributed by atoms with Crippen molar-refractivity contribution in [1.82, 2.24) is 5.01 Å². The monoisotopic (exact) mass is 503 g/mol. The molecule has 1 aliphatic rings. The molecular weight excluding hydrogens is 485 g/mol. The second kappa shape index (κ2) is 9.87. The molecule has 3 rings (SSSR count). The van der Waals surface area contributed by atoms with E-state index in [1.54, 1.807) is 23.5 Å². The van der Waals surface area contributed by atoms with Crippen LogP contribution < -0.4 is 14.8 Å². The summed E-state index contributed by atoms with van der Waals surface area (Å²) >= 11 is 0.983. The summed E-state index contributed by atoms with van der Waals surface area (Å²) in [6.07, 6.45) is -6.03. The van der Waals surface area contributed by atoms with Gasteiger partial charge in [-0.2, -0.15) is 27.1 Å². The van der Waals surface area contributed by atoms with Crippen LogP contribution in [0.4, 0.5) is 32.4 Å². The van der Waals surface area contributed by atoms with E-state index in [0.717, 1.165) is 22.8 Å². The number of alkyl halides is 5. The summed E-state index contributed by atoms with van der Waals surface area (Å²) in [6.45, 7) is -0.109. The molecular formula is C21H18F5N3O4S. The molecule has 0 spiro atoms. The van der Waals surface area contributed by atoms with Gasteiger partial charge in [0.2, 0.25) is 0 Å². The van der Waals surface area contributed by atoms with E-state index < -0.39 is 18.0 Å². The number of benzene rings is 2. The van der Waals surface area contributed by atoms with Crippen LogP contribution >= 0.6 is 11.8 Å². The number of hydrogen-bond acceptors (Lipinski definition) is 6. The Bertz CT molecular complexity index is 1120. The lowest BCUT2D eigenvalue weighted by Crippen LogP contribution is -2.47. The summed E-state index contributed by atoms with van der Waals surface area (Å²) in [7, 11) is 2.97. The number of carbonyl (C=O) groups excluding carboxylic acids is 2. The van der Waals surface area contributed by atoms with Crippen molar-refractivity contribution in [3.05, 3.63) is 53.6 Å². The van der Waals surface area contributed by atoms with Gasteiger partial charge in [0.1, 0.15) is 0 Å². The lowest BCUT2D eigenvalue weighted by molar-refractivity contribution is -0.267. The molecule has 13 heteroatoms. The van der Waals surface area contributed by atoms with Crippen molar-refractivity contribution in [3.8, 4) is 11.5 Å². The van der Waals surface area contributed by atoms with E-state index in [-0.39, 0.29) is 23.2 Å². The second-order valence-corrected chi connectivity index (χ2v) is 7.88. The summed E-state index contributed by atoms with van der Waals surface area (Å²) in [5, 5.41) is 6.65. The zero-order chi connectivity index (χ0) is 25.1. The van der Waals surface area contributed by atoms with Gasteiger partial charge in [-0.1, -0.05) is 23.9 Å². The van der Waals surface area contributed by atoms with Gasteiger partial charge in [-0.15, -0.1) is 0 Å². The van der Waals surface area contributed by atoms with Crippen LogP contribution in [0.3, 0.4) is 0 Å². The van der Waals surface area contributed by atoms with E-state index in [4.69, 9.17) is 9.47 Å². The molecule has 1 aliphatic heterocycles. The van der Waals surface area contributed by atoms with Crippen molar-refractivity contribution in [2.24, 2.45) is 5.10 Å². The largest absolute Gasteiger partial charge is 0.493 e. The zero-order valence-electron chi connectivity index (χ0n) is 17.8. The normalized spacial score (nSPS) is 14.5. The first-order valence-electron chi connectivity index (χ1n) is 9.55. The molecule has 7 nitrogen and oxygen atoms in total. The topological polar surface area (TPSA) is 80.2 Å². The van der Waals surface area contributed by atoms with Gasteiger partial charge < -0.3 is 14.8 Å². The van der Waals surface area contributed by atoms with Gasteiger partial charge in [0, 0.05) is 17.0 Å². The number of hydrazone groups is 1. The van der Waals surface area contributed by atoms with Crippen LogP contribution in [-0.2, 0) is 11.3 Å². The third-order valence-electron chi connectivity index (χ3n) is 4.66. The number of amides is 2. The van der Waals surface area contributed by atoms with Crippen LogP contribution in [0, 0.1) is 0 Å². The van der Waals surface area contributed by atoms with Crippen LogP contribution in [0.15, 0.2) is 47.6 Å². The number of nitrogens with zero attached hydrogens (tertiary/aromatic N) is 2. The maximum atomic E-state index is 13.2. The first kappa shape index (κ1) is 25.3. The maximum absolute atomic E-state index is 13.2. The summed E-state index contributed by atoms with van der Waals surface area (Å²) in [4.78, 5) is 23.8. The quantitative estimate of drug-likeness (QED) is 0.543. The minimum Gasteiger partial charge on any atom is -0.493 e. The van der Waals surface area contributed by atoms with Gasteiger partial charge in [0.15, 0.2) is 11.5 Å². The predicted octanol–water partition coefficient (Wildman–Crippen LogP) is 4.91. The molecule has 182 valence electrons. The van der Waals surface area contributed by atoms with E-state index in [2.05, 4.69) is 5.10 Å². The number of thioether (sulfide) groups is 1. The molecule has 0 radical (unpaired) electrons. The zero-order valence-corrected chi connectivity index (χ0v) is 18.6. The number of methoxy groups -OCH3 is 2. The molecule has 0 aromatic heterocycles. The van der Waals surface area contributed by atoms with E-state index in [9.17, 15) is 31.5 Å². The van der Waals surface area contributed by atoms with Crippen molar-refractivity contribution >= 4 is 34.3 Å². The molecule has 34 heavy (non-hydrogen) atoms. The number of rotatable bonds is 7. The third-order valence-corrected chi connectivity index (χ3v) is 5.54. The third kappa shape index (κ3) is 5.41. The molecule has 0 saturated heterocycles. The minimum atomic E-state index is -6.03. The Morgan fingerprint density at radius 2 is 1.79 bits per heavy atom. The summed E-state index contributed by atoms with van der Waals surface area (Å²) < 4.78 is 74.1. The molecule has 0 unspecified atom stereocenters. The summed E-state index contributed by atoms with van der Waals surface area (Å²) in [5.41, 5.74) is 1.30. The molecule has 1 heterocycles. The number of carbonyl (C=O) groups is 2.